The maximum atomic E-state index is 13.5. The first-order valence-electron chi connectivity index (χ1n) is 9.55. The van der Waals surface area contributed by atoms with Crippen LogP contribution in [0.2, 0.25) is 0 Å². The molecular weight excluding hydrogens is 374 g/mol. The fraction of sp³-hybridized carbons (Fsp3) is 0.286. The van der Waals surface area contributed by atoms with Crippen molar-refractivity contribution < 1.29 is 13.2 Å². The van der Waals surface area contributed by atoms with Crippen molar-refractivity contribution in [2.24, 2.45) is 0 Å². The molecule has 1 unspecified atom stereocenters. The third-order valence-corrected chi connectivity index (χ3v) is 7.58. The monoisotopic (exact) mass is 395 g/mol. The Hall–Kier alpha value is -2.64. The fourth-order valence-corrected chi connectivity index (χ4v) is 6.01. The van der Waals surface area contributed by atoms with Crippen LogP contribution in [0, 0.1) is 0 Å². The van der Waals surface area contributed by atoms with Gasteiger partial charge in [-0.05, 0) is 54.1 Å². The summed E-state index contributed by atoms with van der Waals surface area (Å²) in [5.41, 5.74) is 3.39. The number of nitrogens with one attached hydrogen (secondary N) is 2. The molecule has 2 aliphatic rings. The van der Waals surface area contributed by atoms with Gasteiger partial charge in [-0.3, -0.25) is 4.79 Å². The van der Waals surface area contributed by atoms with Crippen LogP contribution < -0.4 is 5.32 Å². The second-order valence-electron chi connectivity index (χ2n) is 7.48. The van der Waals surface area contributed by atoms with E-state index in [-0.39, 0.29) is 23.3 Å². The van der Waals surface area contributed by atoms with E-state index in [1.54, 1.807) is 22.5 Å². The molecule has 144 valence electrons. The van der Waals surface area contributed by atoms with Crippen LogP contribution in [0.3, 0.4) is 0 Å². The molecule has 28 heavy (non-hydrogen) atoms. The first-order valence-corrected chi connectivity index (χ1v) is 11.0. The lowest BCUT2D eigenvalue weighted by Gasteiger charge is -2.34. The van der Waals surface area contributed by atoms with Crippen molar-refractivity contribution in [3.05, 3.63) is 59.8 Å². The summed E-state index contributed by atoms with van der Waals surface area (Å²) >= 11 is 0. The molecule has 0 radical (unpaired) electrons. The van der Waals surface area contributed by atoms with Gasteiger partial charge in [-0.1, -0.05) is 24.6 Å². The van der Waals surface area contributed by atoms with Crippen LogP contribution in [-0.4, -0.2) is 30.2 Å². The molecule has 2 N–H and O–H groups in total. The SMILES string of the molecule is O=C1Cc2cc(S(=O)(=O)N3CCCCC3c3cc4ccccc4[nH]3)ccc2N1. The molecule has 3 aromatic rings. The second kappa shape index (κ2) is 6.46. The van der Waals surface area contributed by atoms with Crippen LogP contribution in [0.4, 0.5) is 5.69 Å². The second-order valence-corrected chi connectivity index (χ2v) is 9.37. The van der Waals surface area contributed by atoms with Crippen molar-refractivity contribution in [2.75, 3.05) is 11.9 Å². The molecule has 0 aliphatic carbocycles. The van der Waals surface area contributed by atoms with E-state index in [0.717, 1.165) is 41.4 Å². The van der Waals surface area contributed by atoms with Crippen LogP contribution in [0.5, 0.6) is 0 Å². The first kappa shape index (κ1) is 17.5. The van der Waals surface area contributed by atoms with Crippen LogP contribution in [0.1, 0.15) is 36.6 Å². The van der Waals surface area contributed by atoms with Crippen LogP contribution in [0.15, 0.2) is 53.4 Å². The van der Waals surface area contributed by atoms with Gasteiger partial charge in [0.15, 0.2) is 0 Å². The number of amides is 1. The predicted octanol–water partition coefficient (Wildman–Crippen LogP) is 3.58. The number of carbonyl (C=O) groups is 1. The Morgan fingerprint density at radius 1 is 1.04 bits per heavy atom. The van der Waals surface area contributed by atoms with Crippen LogP contribution in [-0.2, 0) is 21.2 Å². The summed E-state index contributed by atoms with van der Waals surface area (Å²) in [5.74, 6) is -0.0986. The van der Waals surface area contributed by atoms with Crippen molar-refractivity contribution in [1.29, 1.82) is 0 Å². The highest BCUT2D eigenvalue weighted by Gasteiger charge is 2.36. The molecule has 5 rings (SSSR count). The molecule has 3 heterocycles. The molecule has 1 amide bonds. The number of hydrogen-bond donors (Lipinski definition) is 2. The van der Waals surface area contributed by atoms with Crippen molar-refractivity contribution in [2.45, 2.75) is 36.6 Å². The third-order valence-electron chi connectivity index (χ3n) is 5.67. The molecule has 1 aromatic heterocycles. The molecule has 1 fully saturated rings. The fourth-order valence-electron chi connectivity index (χ4n) is 4.28. The smallest absolute Gasteiger partial charge is 0.243 e. The summed E-state index contributed by atoms with van der Waals surface area (Å²) in [6, 6.07) is 14.8. The summed E-state index contributed by atoms with van der Waals surface area (Å²) < 4.78 is 28.6. The number of nitrogens with zero attached hydrogens (tertiary/aromatic N) is 1. The zero-order valence-corrected chi connectivity index (χ0v) is 16.1. The number of aromatic nitrogens is 1. The molecule has 0 bridgehead atoms. The van der Waals surface area contributed by atoms with E-state index >= 15 is 0 Å². The maximum Gasteiger partial charge on any atom is 0.243 e. The van der Waals surface area contributed by atoms with E-state index in [2.05, 4.69) is 16.4 Å². The van der Waals surface area contributed by atoms with E-state index in [4.69, 9.17) is 0 Å². The summed E-state index contributed by atoms with van der Waals surface area (Å²) in [6.45, 7) is 0.497. The lowest BCUT2D eigenvalue weighted by molar-refractivity contribution is -0.115. The Bertz CT molecular complexity index is 1150. The summed E-state index contributed by atoms with van der Waals surface area (Å²) in [7, 11) is -3.66. The Kier molecular flexibility index (Phi) is 4.03. The van der Waals surface area contributed by atoms with Crippen molar-refractivity contribution >= 4 is 32.5 Å². The molecule has 0 saturated carbocycles. The number of rotatable bonds is 3. The van der Waals surface area contributed by atoms with Crippen molar-refractivity contribution in [1.82, 2.24) is 9.29 Å². The quantitative estimate of drug-likeness (QED) is 0.711. The number of sulfonamides is 1. The number of anilines is 1. The topological polar surface area (TPSA) is 82.3 Å². The summed E-state index contributed by atoms with van der Waals surface area (Å²) in [6.07, 6.45) is 2.86. The van der Waals surface area contributed by atoms with Crippen molar-refractivity contribution in [3.8, 4) is 0 Å². The van der Waals surface area contributed by atoms with Gasteiger partial charge in [-0.2, -0.15) is 4.31 Å². The van der Waals surface area contributed by atoms with Gasteiger partial charge in [0, 0.05) is 23.4 Å². The molecule has 7 heteroatoms. The highest BCUT2D eigenvalue weighted by atomic mass is 32.2. The normalized spacial score (nSPS) is 20.3. The molecule has 2 aromatic carbocycles. The van der Waals surface area contributed by atoms with Gasteiger partial charge in [0.05, 0.1) is 17.4 Å². The zero-order valence-electron chi connectivity index (χ0n) is 15.3. The highest BCUT2D eigenvalue weighted by molar-refractivity contribution is 7.89. The lowest BCUT2D eigenvalue weighted by atomic mass is 10.0. The number of piperidine rings is 1. The van der Waals surface area contributed by atoms with Gasteiger partial charge in [-0.25, -0.2) is 8.42 Å². The van der Waals surface area contributed by atoms with E-state index in [0.29, 0.717) is 12.2 Å². The number of benzene rings is 2. The van der Waals surface area contributed by atoms with Crippen molar-refractivity contribution in [3.63, 3.8) is 0 Å². The standard InChI is InChI=1S/C21H21N3O3S/c25-21-13-15-11-16(8-9-18(15)23-21)28(26,27)24-10-4-3-7-20(24)19-12-14-5-1-2-6-17(14)22-19/h1-2,5-6,8-9,11-12,20,22H,3-4,7,10,13H2,(H,23,25). The molecule has 2 aliphatic heterocycles. The number of fused-ring (bicyclic) bond motifs is 2. The van der Waals surface area contributed by atoms with Crippen LogP contribution >= 0.6 is 0 Å². The van der Waals surface area contributed by atoms with Crippen LogP contribution in [0.25, 0.3) is 10.9 Å². The van der Waals surface area contributed by atoms with Gasteiger partial charge in [-0.15, -0.1) is 0 Å². The molecule has 1 atom stereocenters. The predicted molar refractivity (Wildman–Crippen MR) is 108 cm³/mol. The zero-order chi connectivity index (χ0) is 19.3. The number of para-hydroxylation sites is 1. The van der Waals surface area contributed by atoms with E-state index in [9.17, 15) is 13.2 Å². The van der Waals surface area contributed by atoms with Gasteiger partial charge >= 0.3 is 0 Å². The summed E-state index contributed by atoms with van der Waals surface area (Å²) in [5, 5.41) is 3.84. The number of carbonyl (C=O) groups excluding carboxylic acids is 1. The molecule has 0 spiro atoms. The average Bonchev–Trinajstić information content (AvgIpc) is 3.29. The molecule has 1 saturated heterocycles. The van der Waals surface area contributed by atoms with E-state index < -0.39 is 10.0 Å². The Balaban J connectivity index is 1.54. The number of H-pyrrole nitrogens is 1. The minimum atomic E-state index is -3.66. The third kappa shape index (κ3) is 2.82. The maximum absolute atomic E-state index is 13.5. The van der Waals surface area contributed by atoms with Gasteiger partial charge < -0.3 is 10.3 Å². The minimum absolute atomic E-state index is 0.0986. The summed E-state index contributed by atoms with van der Waals surface area (Å²) in [4.78, 5) is 15.3. The number of aromatic amines is 1. The average molecular weight is 395 g/mol. The lowest BCUT2D eigenvalue weighted by Crippen LogP contribution is -2.38. The largest absolute Gasteiger partial charge is 0.357 e. The van der Waals surface area contributed by atoms with E-state index in [1.165, 1.54) is 0 Å². The van der Waals surface area contributed by atoms with Gasteiger partial charge in [0.25, 0.3) is 0 Å². The Morgan fingerprint density at radius 2 is 1.89 bits per heavy atom. The number of hydrogen-bond acceptors (Lipinski definition) is 3. The molecular formula is C21H21N3O3S. The van der Waals surface area contributed by atoms with E-state index in [1.807, 2.05) is 24.3 Å². The Morgan fingerprint density at radius 3 is 2.75 bits per heavy atom. The minimum Gasteiger partial charge on any atom is -0.357 e. The van der Waals surface area contributed by atoms with Gasteiger partial charge in [0.1, 0.15) is 0 Å². The highest BCUT2D eigenvalue weighted by Crippen LogP contribution is 2.37. The Labute approximate surface area is 163 Å². The first-order chi connectivity index (χ1) is 13.5. The van der Waals surface area contributed by atoms with Gasteiger partial charge in [0.2, 0.25) is 15.9 Å². The molecule has 6 nitrogen and oxygen atoms in total.